The van der Waals surface area contributed by atoms with Crippen molar-refractivity contribution < 1.29 is 17.9 Å². The van der Waals surface area contributed by atoms with Gasteiger partial charge in [0.1, 0.15) is 13.2 Å². The summed E-state index contributed by atoms with van der Waals surface area (Å²) in [5.74, 6) is 1.03. The second kappa shape index (κ2) is 8.29. The quantitative estimate of drug-likeness (QED) is 0.787. The molecule has 0 bridgehead atoms. The Morgan fingerprint density at radius 3 is 2.33 bits per heavy atom. The monoisotopic (exact) mass is 390 g/mol. The Labute approximate surface area is 161 Å². The molecular formula is C20H26N2O4S. The predicted molar refractivity (Wildman–Crippen MR) is 105 cm³/mol. The molecule has 27 heavy (non-hydrogen) atoms. The molecule has 1 N–H and O–H groups in total. The molecule has 2 aromatic carbocycles. The maximum absolute atomic E-state index is 12.8. The first-order valence-corrected chi connectivity index (χ1v) is 10.5. The lowest BCUT2D eigenvalue weighted by Crippen LogP contribution is -2.34. The summed E-state index contributed by atoms with van der Waals surface area (Å²) in [7, 11) is 0.227. The van der Waals surface area contributed by atoms with E-state index in [0.29, 0.717) is 24.7 Å². The van der Waals surface area contributed by atoms with Crippen molar-refractivity contribution in [2.24, 2.45) is 0 Å². The van der Waals surface area contributed by atoms with Crippen molar-refractivity contribution in [3.63, 3.8) is 0 Å². The lowest BCUT2D eigenvalue weighted by Gasteiger charge is -2.25. The number of nitrogens with one attached hydrogen (secondary N) is 1. The highest BCUT2D eigenvalue weighted by atomic mass is 32.2. The Bertz CT molecular complexity index is 879. The van der Waals surface area contributed by atoms with Crippen LogP contribution in [0.1, 0.15) is 24.1 Å². The molecule has 0 saturated carbocycles. The van der Waals surface area contributed by atoms with Gasteiger partial charge in [-0.1, -0.05) is 31.2 Å². The minimum atomic E-state index is -3.66. The van der Waals surface area contributed by atoms with Crippen molar-refractivity contribution in [1.29, 1.82) is 0 Å². The van der Waals surface area contributed by atoms with Gasteiger partial charge in [-0.3, -0.25) is 0 Å². The molecule has 1 unspecified atom stereocenters. The van der Waals surface area contributed by atoms with Crippen LogP contribution >= 0.6 is 0 Å². The number of rotatable bonds is 7. The lowest BCUT2D eigenvalue weighted by atomic mass is 10.0. The molecule has 0 fully saturated rings. The van der Waals surface area contributed by atoms with Crippen molar-refractivity contribution in [2.45, 2.75) is 24.3 Å². The van der Waals surface area contributed by atoms with Crippen molar-refractivity contribution in [3.05, 3.63) is 53.6 Å². The summed E-state index contributed by atoms with van der Waals surface area (Å²) >= 11 is 0. The lowest BCUT2D eigenvalue weighted by molar-refractivity contribution is 0.171. The molecule has 0 aromatic heterocycles. The molecule has 6 nitrogen and oxygen atoms in total. The number of sulfonamides is 1. The SMILES string of the molecule is CCc1ccc(C(CNS(=O)(=O)c2ccc3c(c2)OCCO3)N(C)C)cc1. The van der Waals surface area contributed by atoms with Gasteiger partial charge in [0, 0.05) is 18.7 Å². The van der Waals surface area contributed by atoms with E-state index in [-0.39, 0.29) is 17.5 Å². The van der Waals surface area contributed by atoms with Crippen LogP contribution in [-0.2, 0) is 16.4 Å². The molecule has 0 aliphatic carbocycles. The third-order valence-corrected chi connectivity index (χ3v) is 6.11. The van der Waals surface area contributed by atoms with Crippen LogP contribution in [0.4, 0.5) is 0 Å². The number of benzene rings is 2. The topological polar surface area (TPSA) is 67.9 Å². The molecule has 0 amide bonds. The first kappa shape index (κ1) is 19.7. The Morgan fingerprint density at radius 1 is 1.04 bits per heavy atom. The largest absolute Gasteiger partial charge is 0.486 e. The van der Waals surface area contributed by atoms with Gasteiger partial charge in [-0.2, -0.15) is 0 Å². The summed E-state index contributed by atoms with van der Waals surface area (Å²) < 4.78 is 39.2. The van der Waals surface area contributed by atoms with E-state index in [1.807, 2.05) is 19.0 Å². The van der Waals surface area contributed by atoms with Crippen LogP contribution in [0.3, 0.4) is 0 Å². The minimum Gasteiger partial charge on any atom is -0.486 e. The Balaban J connectivity index is 1.75. The van der Waals surface area contributed by atoms with Crippen LogP contribution in [0.25, 0.3) is 0 Å². The minimum absolute atomic E-state index is 0.0668. The number of aryl methyl sites for hydroxylation is 1. The van der Waals surface area contributed by atoms with E-state index < -0.39 is 10.0 Å². The Kier molecular flexibility index (Phi) is 6.04. The summed E-state index contributed by atoms with van der Waals surface area (Å²) in [6.45, 7) is 3.27. The summed E-state index contributed by atoms with van der Waals surface area (Å²) in [5, 5.41) is 0. The van der Waals surface area contributed by atoms with Gasteiger partial charge in [0.05, 0.1) is 4.90 Å². The number of fused-ring (bicyclic) bond motifs is 1. The molecule has 0 spiro atoms. The number of hydrogen-bond donors (Lipinski definition) is 1. The number of ether oxygens (including phenoxy) is 2. The zero-order valence-electron chi connectivity index (χ0n) is 15.9. The van der Waals surface area contributed by atoms with Crippen LogP contribution in [0.2, 0.25) is 0 Å². The van der Waals surface area contributed by atoms with Crippen LogP contribution in [0.5, 0.6) is 11.5 Å². The second-order valence-electron chi connectivity index (χ2n) is 6.73. The van der Waals surface area contributed by atoms with Gasteiger partial charge < -0.3 is 14.4 Å². The van der Waals surface area contributed by atoms with E-state index in [4.69, 9.17) is 9.47 Å². The van der Waals surface area contributed by atoms with E-state index in [1.54, 1.807) is 6.07 Å². The fraction of sp³-hybridized carbons (Fsp3) is 0.400. The van der Waals surface area contributed by atoms with Gasteiger partial charge in [0.2, 0.25) is 10.0 Å². The number of nitrogens with zero attached hydrogens (tertiary/aromatic N) is 1. The van der Waals surface area contributed by atoms with E-state index >= 15 is 0 Å². The van der Waals surface area contributed by atoms with Crippen LogP contribution in [0, 0.1) is 0 Å². The van der Waals surface area contributed by atoms with Gasteiger partial charge >= 0.3 is 0 Å². The van der Waals surface area contributed by atoms with Crippen LogP contribution < -0.4 is 14.2 Å². The standard InChI is InChI=1S/C20H26N2O4S/c1-4-15-5-7-16(8-6-15)18(22(2)3)14-21-27(23,24)17-9-10-19-20(13-17)26-12-11-25-19/h5-10,13,18,21H,4,11-12,14H2,1-3H3. The Hall–Kier alpha value is -2.09. The fourth-order valence-electron chi connectivity index (χ4n) is 3.04. The molecule has 1 atom stereocenters. The van der Waals surface area contributed by atoms with Gasteiger partial charge in [-0.25, -0.2) is 13.1 Å². The van der Waals surface area contributed by atoms with E-state index in [1.165, 1.54) is 17.7 Å². The molecule has 0 saturated heterocycles. The molecule has 7 heteroatoms. The second-order valence-corrected chi connectivity index (χ2v) is 8.50. The molecule has 146 valence electrons. The van der Waals surface area contributed by atoms with Gasteiger partial charge in [0.15, 0.2) is 11.5 Å². The van der Waals surface area contributed by atoms with Gasteiger partial charge in [0.25, 0.3) is 0 Å². The van der Waals surface area contributed by atoms with Crippen molar-refractivity contribution in [2.75, 3.05) is 33.9 Å². The first-order chi connectivity index (χ1) is 12.9. The maximum Gasteiger partial charge on any atom is 0.240 e. The Morgan fingerprint density at radius 2 is 1.70 bits per heavy atom. The molecule has 1 aliphatic heterocycles. The fourth-order valence-corrected chi connectivity index (χ4v) is 4.09. The first-order valence-electron chi connectivity index (χ1n) is 9.05. The summed E-state index contributed by atoms with van der Waals surface area (Å²) in [6, 6.07) is 12.9. The van der Waals surface area contributed by atoms with E-state index in [2.05, 4.69) is 35.9 Å². The van der Waals surface area contributed by atoms with Crippen LogP contribution in [-0.4, -0.2) is 47.2 Å². The van der Waals surface area contributed by atoms with Crippen LogP contribution in [0.15, 0.2) is 47.4 Å². The van der Waals surface area contributed by atoms with Gasteiger partial charge in [-0.15, -0.1) is 0 Å². The van der Waals surface area contributed by atoms with Crippen molar-refractivity contribution in [1.82, 2.24) is 9.62 Å². The average molecular weight is 391 g/mol. The van der Waals surface area contributed by atoms with Crippen molar-refractivity contribution in [3.8, 4) is 11.5 Å². The number of likely N-dealkylation sites (N-methyl/N-ethyl adjacent to an activating group) is 1. The molecular weight excluding hydrogens is 364 g/mol. The van der Waals surface area contributed by atoms with Gasteiger partial charge in [-0.05, 0) is 43.8 Å². The molecule has 2 aromatic rings. The maximum atomic E-state index is 12.8. The zero-order chi connectivity index (χ0) is 19.4. The molecule has 3 rings (SSSR count). The molecule has 0 radical (unpaired) electrons. The predicted octanol–water partition coefficient (Wildman–Crippen LogP) is 2.60. The zero-order valence-corrected chi connectivity index (χ0v) is 16.8. The van der Waals surface area contributed by atoms with E-state index in [0.717, 1.165) is 12.0 Å². The third-order valence-electron chi connectivity index (χ3n) is 4.69. The average Bonchev–Trinajstić information content (AvgIpc) is 2.68. The van der Waals surface area contributed by atoms with Crippen molar-refractivity contribution >= 4 is 10.0 Å². The summed E-state index contributed by atoms with van der Waals surface area (Å²) in [6.07, 6.45) is 0.976. The summed E-state index contributed by atoms with van der Waals surface area (Å²) in [5.41, 5.74) is 2.33. The summed E-state index contributed by atoms with van der Waals surface area (Å²) in [4.78, 5) is 2.18. The molecule has 1 heterocycles. The smallest absolute Gasteiger partial charge is 0.240 e. The normalized spacial score (nSPS) is 15.0. The highest BCUT2D eigenvalue weighted by Gasteiger charge is 2.22. The molecule has 1 aliphatic rings. The van der Waals surface area contributed by atoms with E-state index in [9.17, 15) is 8.42 Å². The highest BCUT2D eigenvalue weighted by molar-refractivity contribution is 7.89. The highest BCUT2D eigenvalue weighted by Crippen LogP contribution is 2.32. The third kappa shape index (κ3) is 4.61. The number of hydrogen-bond acceptors (Lipinski definition) is 5.